The summed E-state index contributed by atoms with van der Waals surface area (Å²) in [5.41, 5.74) is 11.9. The van der Waals surface area contributed by atoms with Gasteiger partial charge in [-0.15, -0.1) is 0 Å². The largest absolute Gasteiger partial charge is 0.454 e. The molecule has 2 aromatic heterocycles. The van der Waals surface area contributed by atoms with E-state index in [1.54, 1.807) is 0 Å². The minimum atomic E-state index is -0.130. The number of fused-ring (bicyclic) bond motifs is 6. The van der Waals surface area contributed by atoms with Crippen molar-refractivity contribution in [1.29, 1.82) is 0 Å². The number of furan rings is 2. The third kappa shape index (κ3) is 6.69. The summed E-state index contributed by atoms with van der Waals surface area (Å²) in [5, 5.41) is 7.68. The predicted octanol–water partition coefficient (Wildman–Crippen LogP) is 17.8. The second kappa shape index (κ2) is 15.3. The van der Waals surface area contributed by atoms with Crippen LogP contribution < -0.4 is 9.80 Å². The number of nitrogens with zero attached hydrogens (tertiary/aromatic N) is 2. The molecule has 0 amide bonds. The van der Waals surface area contributed by atoms with Gasteiger partial charge in [0.2, 0.25) is 0 Å². The van der Waals surface area contributed by atoms with Gasteiger partial charge in [0.1, 0.15) is 11.3 Å². The molecule has 0 saturated heterocycles. The van der Waals surface area contributed by atoms with Crippen LogP contribution in [0.3, 0.4) is 0 Å². The van der Waals surface area contributed by atoms with E-state index in [9.17, 15) is 0 Å². The summed E-state index contributed by atoms with van der Waals surface area (Å²) in [6.07, 6.45) is 5.99. The van der Waals surface area contributed by atoms with E-state index in [0.717, 1.165) is 99.9 Å². The minimum absolute atomic E-state index is 0.129. The van der Waals surface area contributed by atoms with E-state index in [2.05, 4.69) is 222 Å². The third-order valence-electron chi connectivity index (χ3n) is 12.4. The van der Waals surface area contributed by atoms with E-state index in [4.69, 9.17) is 8.83 Å². The van der Waals surface area contributed by atoms with E-state index in [1.165, 1.54) is 11.1 Å². The van der Waals surface area contributed by atoms with Gasteiger partial charge in [0.15, 0.2) is 11.2 Å². The Morgan fingerprint density at radius 3 is 1.44 bits per heavy atom. The van der Waals surface area contributed by atoms with Crippen molar-refractivity contribution in [1.82, 2.24) is 0 Å². The van der Waals surface area contributed by atoms with Crippen molar-refractivity contribution in [2.24, 2.45) is 0 Å². The molecule has 0 saturated carbocycles. The second-order valence-electron chi connectivity index (χ2n) is 18.5. The zero-order valence-corrected chi connectivity index (χ0v) is 37.2. The average Bonchev–Trinajstić information content (AvgIpc) is 3.86. The van der Waals surface area contributed by atoms with Gasteiger partial charge >= 0.3 is 0 Å². The highest BCUT2D eigenvalue weighted by Crippen LogP contribution is 2.54. The van der Waals surface area contributed by atoms with Gasteiger partial charge in [0.25, 0.3) is 0 Å². The number of benzene rings is 8. The molecule has 0 radical (unpaired) electrons. The number of para-hydroxylation sites is 5. The molecule has 10 rings (SSSR count). The molecule has 0 aliphatic carbocycles. The summed E-state index contributed by atoms with van der Waals surface area (Å²) in [6, 6.07) is 57.0. The van der Waals surface area contributed by atoms with Gasteiger partial charge in [-0.1, -0.05) is 163 Å². The molecule has 0 spiro atoms. The summed E-state index contributed by atoms with van der Waals surface area (Å²) in [6.45, 7) is 20.0. The van der Waals surface area contributed by atoms with E-state index < -0.39 is 0 Å². The van der Waals surface area contributed by atoms with Crippen molar-refractivity contribution in [2.45, 2.75) is 59.3 Å². The monoisotopic (exact) mass is 820 g/mol. The lowest BCUT2D eigenvalue weighted by atomic mass is 9.82. The van der Waals surface area contributed by atoms with Gasteiger partial charge in [-0.25, -0.2) is 0 Å². The fourth-order valence-corrected chi connectivity index (χ4v) is 9.25. The van der Waals surface area contributed by atoms with Crippen LogP contribution >= 0.6 is 0 Å². The van der Waals surface area contributed by atoms with Crippen LogP contribution in [-0.2, 0) is 10.8 Å². The van der Waals surface area contributed by atoms with Crippen LogP contribution in [-0.4, -0.2) is 0 Å². The van der Waals surface area contributed by atoms with Crippen LogP contribution in [0.15, 0.2) is 179 Å². The number of allylic oxidation sites excluding steroid dienone is 1. The maximum Gasteiger partial charge on any atom is 0.159 e. The summed E-state index contributed by atoms with van der Waals surface area (Å²) >= 11 is 0. The molecule has 0 N–H and O–H groups in total. The lowest BCUT2D eigenvalue weighted by molar-refractivity contribution is 0.590. The molecule has 2 heterocycles. The normalized spacial score (nSPS) is 12.4. The van der Waals surface area contributed by atoms with Crippen molar-refractivity contribution in [3.05, 3.63) is 193 Å². The Morgan fingerprint density at radius 1 is 0.460 bits per heavy atom. The summed E-state index contributed by atoms with van der Waals surface area (Å²) in [4.78, 5) is 4.85. The lowest BCUT2D eigenvalue weighted by Crippen LogP contribution is -2.17. The maximum atomic E-state index is 6.86. The van der Waals surface area contributed by atoms with Crippen molar-refractivity contribution in [3.8, 4) is 0 Å². The van der Waals surface area contributed by atoms with E-state index in [1.807, 2.05) is 19.1 Å². The molecule has 0 bridgehead atoms. The van der Waals surface area contributed by atoms with Crippen molar-refractivity contribution >= 4 is 101 Å². The molecule has 63 heavy (non-hydrogen) atoms. The van der Waals surface area contributed by atoms with Crippen LogP contribution in [0.4, 0.5) is 34.1 Å². The highest BCUT2D eigenvalue weighted by atomic mass is 16.3. The fraction of sp³-hybridized carbons (Fsp3) is 0.153. The average molecular weight is 821 g/mol. The van der Waals surface area contributed by atoms with Crippen molar-refractivity contribution in [3.63, 3.8) is 0 Å². The van der Waals surface area contributed by atoms with Gasteiger partial charge in [-0.2, -0.15) is 0 Å². The highest BCUT2D eigenvalue weighted by molar-refractivity contribution is 6.25. The summed E-state index contributed by atoms with van der Waals surface area (Å²) < 4.78 is 13.7. The Hall–Kier alpha value is -7.30. The Balaban J connectivity index is 1.42. The number of hydrogen-bond acceptors (Lipinski definition) is 4. The first kappa shape index (κ1) is 39.8. The molecule has 310 valence electrons. The number of anilines is 6. The molecule has 0 atom stereocenters. The zero-order chi connectivity index (χ0) is 43.6. The third-order valence-corrected chi connectivity index (χ3v) is 12.4. The standard InChI is InChI=1S/C59H52N2O2/c1-9-21-42-46-27-19-29-50(56(46)62-52(42)10-2)60(40-22-13-11-14-23-40)54-44-34-32-39(59(6,7)8)37-49(44)55(45-35-33-38(36-48(45)54)58(3,4)5)61(41-24-15-12-16-25-41)51-30-20-28-47-43-26-17-18-31-53(43)63-57(47)51/h9-37H,2H2,1,3-8H3/b21-9-. The van der Waals surface area contributed by atoms with Gasteiger partial charge in [0, 0.05) is 54.6 Å². The van der Waals surface area contributed by atoms with Crippen LogP contribution in [0, 0.1) is 0 Å². The first-order valence-electron chi connectivity index (χ1n) is 21.9. The summed E-state index contributed by atoms with van der Waals surface area (Å²) in [5.74, 6) is 0.747. The highest BCUT2D eigenvalue weighted by Gasteiger charge is 2.31. The van der Waals surface area contributed by atoms with Gasteiger partial charge < -0.3 is 18.6 Å². The molecule has 0 aliphatic rings. The van der Waals surface area contributed by atoms with Gasteiger partial charge in [-0.3, -0.25) is 0 Å². The summed E-state index contributed by atoms with van der Waals surface area (Å²) in [7, 11) is 0. The smallest absolute Gasteiger partial charge is 0.159 e. The lowest BCUT2D eigenvalue weighted by Gasteiger charge is -2.34. The van der Waals surface area contributed by atoms with Gasteiger partial charge in [0.05, 0.1) is 22.7 Å². The first-order valence-corrected chi connectivity index (χ1v) is 21.9. The number of rotatable bonds is 8. The first-order chi connectivity index (χ1) is 30.5. The molecule has 4 heteroatoms. The Morgan fingerprint density at radius 2 is 0.937 bits per heavy atom. The Bertz CT molecular complexity index is 3390. The minimum Gasteiger partial charge on any atom is -0.454 e. The maximum absolute atomic E-state index is 6.86. The van der Waals surface area contributed by atoms with Crippen LogP contribution in [0.25, 0.3) is 66.6 Å². The molecular weight excluding hydrogens is 769 g/mol. The molecule has 0 fully saturated rings. The van der Waals surface area contributed by atoms with Crippen LogP contribution in [0.1, 0.15) is 70.9 Å². The quantitative estimate of drug-likeness (QED) is 0.113. The molecule has 10 aromatic rings. The zero-order valence-electron chi connectivity index (χ0n) is 37.2. The molecular formula is C59H52N2O2. The topological polar surface area (TPSA) is 32.8 Å². The second-order valence-corrected chi connectivity index (χ2v) is 18.5. The van der Waals surface area contributed by atoms with Gasteiger partial charge in [-0.05, 0) is 89.6 Å². The van der Waals surface area contributed by atoms with Crippen molar-refractivity contribution < 1.29 is 8.83 Å². The Labute approximate surface area is 370 Å². The van der Waals surface area contributed by atoms with E-state index in [0.29, 0.717) is 0 Å². The molecule has 8 aromatic carbocycles. The molecule has 0 aliphatic heterocycles. The fourth-order valence-electron chi connectivity index (χ4n) is 9.25. The van der Waals surface area contributed by atoms with Crippen molar-refractivity contribution in [2.75, 3.05) is 9.80 Å². The van der Waals surface area contributed by atoms with E-state index in [-0.39, 0.29) is 10.8 Å². The number of hydrogen-bond donors (Lipinski definition) is 0. The van der Waals surface area contributed by atoms with Crippen LogP contribution in [0.5, 0.6) is 0 Å². The molecule has 0 unspecified atom stereocenters. The predicted molar refractivity (Wildman–Crippen MR) is 270 cm³/mol. The molecule has 4 nitrogen and oxygen atoms in total. The SMILES string of the molecule is C=Cc1oc2c(N(c3ccccc3)c3c4cc(C(C)(C)C)ccc4c(N(c4ccccc4)c4cccc5c4oc4ccccc45)c4cc(C(C)(C)C)ccc34)cccc2c1/C=C\C. The van der Waals surface area contributed by atoms with Crippen LogP contribution in [0.2, 0.25) is 0 Å². The Kier molecular flexibility index (Phi) is 9.64. The van der Waals surface area contributed by atoms with E-state index >= 15 is 0 Å².